The Morgan fingerprint density at radius 3 is 2.28 bits per heavy atom. The zero-order valence-corrected chi connectivity index (χ0v) is 26.7. The Morgan fingerprint density at radius 1 is 0.739 bits per heavy atom. The van der Waals surface area contributed by atoms with Crippen molar-refractivity contribution in [3.05, 3.63) is 169 Å². The number of aromatic nitrogens is 1. The van der Waals surface area contributed by atoms with Crippen molar-refractivity contribution in [2.24, 2.45) is 0 Å². The van der Waals surface area contributed by atoms with E-state index in [0.29, 0.717) is 0 Å². The number of hydrogen-bond acceptors (Lipinski definition) is 2. The van der Waals surface area contributed by atoms with Gasteiger partial charge >= 0.3 is 0 Å². The maximum Gasteiger partial charge on any atom is 0.0679 e. The third-order valence-electron chi connectivity index (χ3n) is 9.04. The number of aryl methyl sites for hydroxylation is 1. The molecule has 0 N–H and O–H groups in total. The number of thiophene rings is 1. The molecule has 0 radical (unpaired) electrons. The summed E-state index contributed by atoms with van der Waals surface area (Å²) >= 11 is 1.90. The van der Waals surface area contributed by atoms with E-state index in [-0.39, 0.29) is 0 Å². The number of nitrogens with zero attached hydrogens (tertiary/aromatic N) is 2. The molecule has 2 nitrogen and oxygen atoms in total. The SMILES string of the molecule is C=C/C=C(\C=C/C)N1c2ccc(-c3ccc4c(c3)c3ccccc3n4-c3ccccc3)cc2C(=C)CCc2sc3ccccc3c21. The predicted octanol–water partition coefficient (Wildman–Crippen LogP) is 12.4. The van der Waals surface area contributed by atoms with Gasteiger partial charge in [-0.25, -0.2) is 0 Å². The van der Waals surface area contributed by atoms with Crippen LogP contribution in [0.25, 0.3) is 54.3 Å². The molecule has 0 atom stereocenters. The lowest BCUT2D eigenvalue weighted by Crippen LogP contribution is -2.19. The summed E-state index contributed by atoms with van der Waals surface area (Å²) in [6.45, 7) is 10.8. The van der Waals surface area contributed by atoms with Crippen LogP contribution in [0.4, 0.5) is 11.4 Å². The summed E-state index contributed by atoms with van der Waals surface area (Å²) in [4.78, 5) is 3.81. The highest BCUT2D eigenvalue weighted by Gasteiger charge is 2.27. The number of fused-ring (bicyclic) bond motifs is 7. The summed E-state index contributed by atoms with van der Waals surface area (Å²) in [5.41, 5.74) is 11.8. The van der Waals surface area contributed by atoms with Crippen LogP contribution in [-0.2, 0) is 6.42 Å². The molecule has 0 unspecified atom stereocenters. The van der Waals surface area contributed by atoms with Crippen LogP contribution in [0.1, 0.15) is 23.8 Å². The molecule has 0 aliphatic carbocycles. The van der Waals surface area contributed by atoms with Crippen molar-refractivity contribution in [2.45, 2.75) is 19.8 Å². The van der Waals surface area contributed by atoms with Gasteiger partial charge in [0, 0.05) is 42.7 Å². The minimum Gasteiger partial charge on any atom is -0.309 e. The molecule has 1 aliphatic rings. The summed E-state index contributed by atoms with van der Waals surface area (Å²) in [6, 6.07) is 41.9. The molecule has 0 amide bonds. The maximum absolute atomic E-state index is 4.65. The highest BCUT2D eigenvalue weighted by Crippen LogP contribution is 2.49. The van der Waals surface area contributed by atoms with Gasteiger partial charge in [0.1, 0.15) is 0 Å². The monoisotopic (exact) mass is 610 g/mol. The molecule has 0 saturated heterocycles. The van der Waals surface area contributed by atoms with Gasteiger partial charge in [0.25, 0.3) is 0 Å². The van der Waals surface area contributed by atoms with Gasteiger partial charge in [-0.15, -0.1) is 11.3 Å². The zero-order chi connectivity index (χ0) is 31.2. The van der Waals surface area contributed by atoms with Gasteiger partial charge in [0.2, 0.25) is 0 Å². The Bertz CT molecular complexity index is 2360. The molecule has 0 saturated carbocycles. The third-order valence-corrected chi connectivity index (χ3v) is 10.3. The second-order valence-corrected chi connectivity index (χ2v) is 12.9. The van der Waals surface area contributed by atoms with Crippen molar-refractivity contribution in [1.82, 2.24) is 4.57 Å². The Hall–Kier alpha value is -5.38. The van der Waals surface area contributed by atoms with Crippen LogP contribution in [-0.4, -0.2) is 4.57 Å². The molecule has 5 aromatic carbocycles. The van der Waals surface area contributed by atoms with Gasteiger partial charge in [-0.1, -0.05) is 92.0 Å². The molecule has 7 aromatic rings. The first-order chi connectivity index (χ1) is 22.7. The maximum atomic E-state index is 4.65. The average Bonchev–Trinajstić information content (AvgIpc) is 3.62. The standard InChI is InChI=1S/C43H34N2S/c1-4-13-32(14-5-2)45-39-24-22-30(27-36(39)29(3)21-26-42-43(45)35-18-10-12-20-41(35)46-42)31-23-25-40-37(28-31)34-17-9-11-19-38(34)44(40)33-15-7-6-8-16-33/h4-20,22-25,27-28H,1,3,21,26H2,2H3/b14-5-,32-13+. The predicted molar refractivity (Wildman–Crippen MR) is 201 cm³/mol. The quantitative estimate of drug-likeness (QED) is 0.176. The summed E-state index contributed by atoms with van der Waals surface area (Å²) < 4.78 is 3.68. The lowest BCUT2D eigenvalue weighted by atomic mass is 9.92. The van der Waals surface area contributed by atoms with E-state index in [4.69, 9.17) is 0 Å². The molecule has 2 aromatic heterocycles. The van der Waals surface area contributed by atoms with Crippen molar-refractivity contribution >= 4 is 60.2 Å². The van der Waals surface area contributed by atoms with Crippen molar-refractivity contribution in [3.8, 4) is 16.8 Å². The summed E-state index contributed by atoms with van der Waals surface area (Å²) in [5, 5.41) is 3.79. The molecular formula is C43H34N2S. The van der Waals surface area contributed by atoms with Crippen LogP contribution in [0.2, 0.25) is 0 Å². The van der Waals surface area contributed by atoms with Crippen LogP contribution < -0.4 is 4.90 Å². The van der Waals surface area contributed by atoms with E-state index in [1.165, 1.54) is 64.8 Å². The lowest BCUT2D eigenvalue weighted by molar-refractivity contribution is 1.02. The first kappa shape index (κ1) is 28.1. The van der Waals surface area contributed by atoms with Gasteiger partial charge in [0.05, 0.1) is 22.4 Å². The van der Waals surface area contributed by atoms with Crippen molar-refractivity contribution < 1.29 is 0 Å². The third kappa shape index (κ3) is 4.55. The van der Waals surface area contributed by atoms with Crippen molar-refractivity contribution in [2.75, 3.05) is 4.90 Å². The zero-order valence-electron chi connectivity index (χ0n) is 25.9. The van der Waals surface area contributed by atoms with Gasteiger partial charge in [-0.05, 0) is 97.1 Å². The lowest BCUT2D eigenvalue weighted by Gasteiger charge is -2.32. The summed E-state index contributed by atoms with van der Waals surface area (Å²) in [7, 11) is 0. The minimum atomic E-state index is 0.915. The molecule has 0 bridgehead atoms. The Morgan fingerprint density at radius 2 is 1.46 bits per heavy atom. The molecule has 3 heteroatoms. The van der Waals surface area contributed by atoms with E-state index in [9.17, 15) is 0 Å². The largest absolute Gasteiger partial charge is 0.309 e. The van der Waals surface area contributed by atoms with Crippen LogP contribution >= 0.6 is 11.3 Å². The van der Waals surface area contributed by atoms with E-state index in [2.05, 4.69) is 163 Å². The fourth-order valence-corrected chi connectivity index (χ4v) is 8.17. The second-order valence-electron chi connectivity index (χ2n) is 11.8. The Kier molecular flexibility index (Phi) is 7.04. The van der Waals surface area contributed by atoms with Crippen molar-refractivity contribution in [3.63, 3.8) is 0 Å². The van der Waals surface area contributed by atoms with E-state index in [1.807, 2.05) is 17.4 Å². The summed E-state index contributed by atoms with van der Waals surface area (Å²) in [6.07, 6.45) is 10.1. The Balaban J connectivity index is 1.33. The summed E-state index contributed by atoms with van der Waals surface area (Å²) in [5.74, 6) is 0. The Labute approximate surface area is 274 Å². The smallest absolute Gasteiger partial charge is 0.0679 e. The van der Waals surface area contributed by atoms with Crippen molar-refractivity contribution in [1.29, 1.82) is 0 Å². The normalized spacial score (nSPS) is 13.7. The minimum absolute atomic E-state index is 0.915. The topological polar surface area (TPSA) is 8.17 Å². The first-order valence-electron chi connectivity index (χ1n) is 15.8. The fourth-order valence-electron chi connectivity index (χ4n) is 6.98. The van der Waals surface area contributed by atoms with Crippen LogP contribution in [0.5, 0.6) is 0 Å². The number of hydrogen-bond donors (Lipinski definition) is 0. The van der Waals surface area contributed by atoms with E-state index in [0.717, 1.165) is 29.8 Å². The van der Waals surface area contributed by atoms with Crippen LogP contribution in [0.15, 0.2) is 158 Å². The highest BCUT2D eigenvalue weighted by molar-refractivity contribution is 7.19. The van der Waals surface area contributed by atoms with E-state index < -0.39 is 0 Å². The molecular weight excluding hydrogens is 577 g/mol. The van der Waals surface area contributed by atoms with E-state index in [1.54, 1.807) is 0 Å². The number of anilines is 2. The highest BCUT2D eigenvalue weighted by atomic mass is 32.1. The molecule has 222 valence electrons. The van der Waals surface area contributed by atoms with Crippen LogP contribution in [0.3, 0.4) is 0 Å². The molecule has 3 heterocycles. The van der Waals surface area contributed by atoms with E-state index >= 15 is 0 Å². The number of para-hydroxylation sites is 2. The second kappa shape index (κ2) is 11.5. The molecule has 46 heavy (non-hydrogen) atoms. The number of allylic oxidation sites excluding steroid dienone is 5. The van der Waals surface area contributed by atoms with Gasteiger partial charge in [0.15, 0.2) is 0 Å². The molecule has 1 aliphatic heterocycles. The number of rotatable bonds is 5. The first-order valence-corrected chi connectivity index (χ1v) is 16.6. The fraction of sp³-hybridized carbons (Fsp3) is 0.0698. The number of benzene rings is 5. The molecule has 0 fully saturated rings. The van der Waals surface area contributed by atoms with Crippen LogP contribution in [0, 0.1) is 0 Å². The van der Waals surface area contributed by atoms with Gasteiger partial charge < -0.3 is 9.47 Å². The molecule has 8 rings (SSSR count). The molecule has 0 spiro atoms. The average molecular weight is 611 g/mol. The van der Waals surface area contributed by atoms with Gasteiger partial charge in [-0.3, -0.25) is 0 Å². The van der Waals surface area contributed by atoms with Gasteiger partial charge in [-0.2, -0.15) is 0 Å².